The lowest BCUT2D eigenvalue weighted by Gasteiger charge is -2.42. The minimum atomic E-state index is -0.347. The number of rotatable bonds is 2. The van der Waals surface area contributed by atoms with Crippen molar-refractivity contribution >= 4 is 11.6 Å². The quantitative estimate of drug-likeness (QED) is 0.672. The van der Waals surface area contributed by atoms with E-state index >= 15 is 0 Å². The van der Waals surface area contributed by atoms with Gasteiger partial charge in [-0.1, -0.05) is 0 Å². The standard InChI is InChI=1S/C9H14N4O/c1-3-12-5-7(4-11-12)13-6(2)8(10)9(13)14/h4-6,8H,3,10H2,1-2H3. The molecule has 0 aliphatic carbocycles. The van der Waals surface area contributed by atoms with E-state index in [-0.39, 0.29) is 18.0 Å². The summed E-state index contributed by atoms with van der Waals surface area (Å²) in [5.41, 5.74) is 6.45. The highest BCUT2D eigenvalue weighted by Crippen LogP contribution is 2.26. The maximum Gasteiger partial charge on any atom is 0.246 e. The molecule has 0 radical (unpaired) electrons. The molecule has 2 N–H and O–H groups in total. The first-order valence-corrected chi connectivity index (χ1v) is 4.76. The van der Waals surface area contributed by atoms with Crippen LogP contribution in [0.3, 0.4) is 0 Å². The van der Waals surface area contributed by atoms with Gasteiger partial charge in [0.05, 0.1) is 17.9 Å². The van der Waals surface area contributed by atoms with Crippen LogP contribution in [-0.2, 0) is 11.3 Å². The molecule has 5 nitrogen and oxygen atoms in total. The summed E-state index contributed by atoms with van der Waals surface area (Å²) in [7, 11) is 0. The Hall–Kier alpha value is -1.36. The van der Waals surface area contributed by atoms with Gasteiger partial charge in [0.1, 0.15) is 6.04 Å². The van der Waals surface area contributed by atoms with Gasteiger partial charge in [0.2, 0.25) is 5.91 Å². The summed E-state index contributed by atoms with van der Waals surface area (Å²) < 4.78 is 1.79. The fourth-order valence-electron chi connectivity index (χ4n) is 1.66. The Morgan fingerprint density at radius 2 is 2.36 bits per heavy atom. The second kappa shape index (κ2) is 3.09. The molecule has 2 unspecified atom stereocenters. The summed E-state index contributed by atoms with van der Waals surface area (Å²) >= 11 is 0. The van der Waals surface area contributed by atoms with Crippen LogP contribution in [0.5, 0.6) is 0 Å². The highest BCUT2D eigenvalue weighted by atomic mass is 16.2. The summed E-state index contributed by atoms with van der Waals surface area (Å²) in [5.74, 6) is -0.0202. The molecular formula is C9H14N4O. The number of aryl methyl sites for hydroxylation is 1. The van der Waals surface area contributed by atoms with Gasteiger partial charge in [0.25, 0.3) is 0 Å². The van der Waals surface area contributed by atoms with Crippen molar-refractivity contribution in [3.63, 3.8) is 0 Å². The van der Waals surface area contributed by atoms with Crippen LogP contribution in [0.4, 0.5) is 5.69 Å². The predicted octanol–water partition coefficient (Wildman–Crippen LogP) is -0.0346. The minimum Gasteiger partial charge on any atom is -0.318 e. The van der Waals surface area contributed by atoms with Gasteiger partial charge in [-0.15, -0.1) is 0 Å². The van der Waals surface area contributed by atoms with Gasteiger partial charge in [-0.25, -0.2) is 0 Å². The molecular weight excluding hydrogens is 180 g/mol. The minimum absolute atomic E-state index is 0.0202. The first-order chi connectivity index (χ1) is 6.65. The number of hydrogen-bond acceptors (Lipinski definition) is 3. The van der Waals surface area contributed by atoms with Gasteiger partial charge < -0.3 is 10.6 Å². The van der Waals surface area contributed by atoms with Crippen molar-refractivity contribution in [3.05, 3.63) is 12.4 Å². The lowest BCUT2D eigenvalue weighted by molar-refractivity contribution is -0.125. The van der Waals surface area contributed by atoms with E-state index in [1.165, 1.54) is 0 Å². The summed E-state index contributed by atoms with van der Waals surface area (Å²) in [6.07, 6.45) is 3.56. The van der Waals surface area contributed by atoms with Crippen LogP contribution in [-0.4, -0.2) is 27.8 Å². The third-order valence-corrected chi connectivity index (χ3v) is 2.67. The van der Waals surface area contributed by atoms with Gasteiger partial charge in [-0.2, -0.15) is 5.10 Å². The summed E-state index contributed by atoms with van der Waals surface area (Å²) in [4.78, 5) is 13.1. The van der Waals surface area contributed by atoms with E-state index in [1.54, 1.807) is 15.8 Å². The monoisotopic (exact) mass is 194 g/mol. The zero-order valence-electron chi connectivity index (χ0n) is 8.34. The number of hydrogen-bond donors (Lipinski definition) is 1. The molecule has 1 aliphatic heterocycles. The number of nitrogens with two attached hydrogens (primary N) is 1. The molecule has 1 saturated heterocycles. The van der Waals surface area contributed by atoms with Crippen molar-refractivity contribution < 1.29 is 4.79 Å². The number of carbonyl (C=O) groups excluding carboxylic acids is 1. The third kappa shape index (κ3) is 1.13. The Morgan fingerprint density at radius 3 is 2.86 bits per heavy atom. The van der Waals surface area contributed by atoms with Crippen molar-refractivity contribution in [2.24, 2.45) is 5.73 Å². The van der Waals surface area contributed by atoms with Gasteiger partial charge in [0.15, 0.2) is 0 Å². The molecule has 1 aromatic rings. The highest BCUT2D eigenvalue weighted by molar-refractivity contribution is 6.04. The lowest BCUT2D eigenvalue weighted by atomic mass is 9.97. The lowest BCUT2D eigenvalue weighted by Crippen LogP contribution is -2.67. The van der Waals surface area contributed by atoms with Crippen LogP contribution in [0.1, 0.15) is 13.8 Å². The van der Waals surface area contributed by atoms with Gasteiger partial charge >= 0.3 is 0 Å². The van der Waals surface area contributed by atoms with Gasteiger partial charge in [-0.05, 0) is 13.8 Å². The fraction of sp³-hybridized carbons (Fsp3) is 0.556. The van der Waals surface area contributed by atoms with Crippen molar-refractivity contribution in [2.45, 2.75) is 32.5 Å². The fourth-order valence-corrected chi connectivity index (χ4v) is 1.66. The topological polar surface area (TPSA) is 64.2 Å². The van der Waals surface area contributed by atoms with Crippen molar-refractivity contribution in [1.29, 1.82) is 0 Å². The van der Waals surface area contributed by atoms with Crippen LogP contribution >= 0.6 is 0 Å². The molecule has 0 bridgehead atoms. The Kier molecular flexibility index (Phi) is 2.03. The smallest absolute Gasteiger partial charge is 0.246 e. The van der Waals surface area contributed by atoms with E-state index in [1.807, 2.05) is 20.0 Å². The Balaban J connectivity index is 2.20. The summed E-state index contributed by atoms with van der Waals surface area (Å²) in [5, 5.41) is 4.11. The SMILES string of the molecule is CCn1cc(N2C(=O)C(N)C2C)cn1. The molecule has 0 spiro atoms. The zero-order chi connectivity index (χ0) is 10.3. The number of amides is 1. The molecule has 1 aromatic heterocycles. The Bertz CT molecular complexity index is 359. The number of aromatic nitrogens is 2. The average molecular weight is 194 g/mol. The Labute approximate surface area is 82.5 Å². The van der Waals surface area contributed by atoms with Gasteiger partial charge in [0, 0.05) is 12.7 Å². The predicted molar refractivity (Wildman–Crippen MR) is 52.8 cm³/mol. The van der Waals surface area contributed by atoms with Crippen LogP contribution in [0, 0.1) is 0 Å². The van der Waals surface area contributed by atoms with E-state index in [0.717, 1.165) is 12.2 Å². The van der Waals surface area contributed by atoms with Crippen molar-refractivity contribution in [1.82, 2.24) is 9.78 Å². The van der Waals surface area contributed by atoms with E-state index in [0.29, 0.717) is 0 Å². The summed E-state index contributed by atoms with van der Waals surface area (Å²) in [6.45, 7) is 4.75. The Morgan fingerprint density at radius 1 is 1.64 bits per heavy atom. The maximum atomic E-state index is 11.4. The molecule has 76 valence electrons. The molecule has 2 heterocycles. The largest absolute Gasteiger partial charge is 0.318 e. The molecule has 1 fully saturated rings. The molecule has 0 aromatic carbocycles. The molecule has 1 amide bonds. The van der Waals surface area contributed by atoms with Crippen LogP contribution in [0.25, 0.3) is 0 Å². The average Bonchev–Trinajstić information content (AvgIpc) is 2.66. The van der Waals surface area contributed by atoms with Crippen molar-refractivity contribution in [3.8, 4) is 0 Å². The number of β-lactam (4-membered cyclic amide) rings is 1. The first kappa shape index (κ1) is 9.21. The zero-order valence-corrected chi connectivity index (χ0v) is 8.34. The number of nitrogens with zero attached hydrogens (tertiary/aromatic N) is 3. The molecule has 2 atom stereocenters. The number of carbonyl (C=O) groups is 1. The second-order valence-corrected chi connectivity index (χ2v) is 3.53. The number of anilines is 1. The van der Waals surface area contributed by atoms with E-state index in [9.17, 15) is 4.79 Å². The molecule has 2 rings (SSSR count). The van der Waals surface area contributed by atoms with Crippen LogP contribution in [0.15, 0.2) is 12.4 Å². The van der Waals surface area contributed by atoms with E-state index in [4.69, 9.17) is 5.73 Å². The third-order valence-electron chi connectivity index (χ3n) is 2.67. The van der Waals surface area contributed by atoms with Crippen molar-refractivity contribution in [2.75, 3.05) is 4.90 Å². The molecule has 5 heteroatoms. The summed E-state index contributed by atoms with van der Waals surface area (Å²) in [6, 6.07) is -0.267. The van der Waals surface area contributed by atoms with E-state index < -0.39 is 0 Å². The second-order valence-electron chi connectivity index (χ2n) is 3.53. The van der Waals surface area contributed by atoms with E-state index in [2.05, 4.69) is 5.10 Å². The maximum absolute atomic E-state index is 11.4. The van der Waals surface area contributed by atoms with Gasteiger partial charge in [-0.3, -0.25) is 9.48 Å². The normalized spacial score (nSPS) is 26.5. The molecule has 14 heavy (non-hydrogen) atoms. The van der Waals surface area contributed by atoms with Crippen LogP contribution < -0.4 is 10.6 Å². The first-order valence-electron chi connectivity index (χ1n) is 4.76. The molecule has 0 saturated carbocycles. The van der Waals surface area contributed by atoms with Crippen LogP contribution in [0.2, 0.25) is 0 Å². The molecule has 1 aliphatic rings. The highest BCUT2D eigenvalue weighted by Gasteiger charge is 2.42.